The maximum Gasteiger partial charge on any atom is 0.0589 e. The molecule has 0 unspecified atom stereocenters. The average Bonchev–Trinajstić information content (AvgIpc) is 2.67. The van der Waals surface area contributed by atoms with Gasteiger partial charge in [0.1, 0.15) is 0 Å². The molecule has 0 atom stereocenters. The van der Waals surface area contributed by atoms with Crippen LogP contribution in [0.2, 0.25) is 0 Å². The minimum atomic E-state index is 0.889. The summed E-state index contributed by atoms with van der Waals surface area (Å²) in [4.78, 5) is 2.45. The van der Waals surface area contributed by atoms with E-state index in [0.29, 0.717) is 0 Å². The summed E-state index contributed by atoms with van der Waals surface area (Å²) < 4.78 is 4.96. The number of hydrogen-bond acceptors (Lipinski definition) is 2. The fraction of sp³-hybridized carbons (Fsp3) is 1.00. The lowest BCUT2D eigenvalue weighted by molar-refractivity contribution is 0.161. The highest BCUT2D eigenvalue weighted by Crippen LogP contribution is 2.05. The zero-order valence-corrected chi connectivity index (χ0v) is 9.51. The molecule has 0 spiro atoms. The Labute approximate surface area is 83.3 Å². The van der Waals surface area contributed by atoms with Crippen LogP contribution in [0.1, 0.15) is 39.5 Å². The van der Waals surface area contributed by atoms with Gasteiger partial charge in [-0.1, -0.05) is 26.7 Å². The molecule has 1 heterocycles. The number of unbranched alkanes of at least 4 members (excludes halogenated alkanes) is 1. The third-order valence-electron chi connectivity index (χ3n) is 2.31. The van der Waals surface area contributed by atoms with Crippen LogP contribution in [0.4, 0.5) is 0 Å². The summed E-state index contributed by atoms with van der Waals surface area (Å²) in [5.41, 5.74) is 0. The first-order chi connectivity index (χ1) is 6.35. The number of rotatable bonds is 4. The lowest BCUT2D eigenvalue weighted by Crippen LogP contribution is -2.23. The smallest absolute Gasteiger partial charge is 0.0589 e. The minimum absolute atomic E-state index is 0.889. The topological polar surface area (TPSA) is 12.5 Å². The summed E-state index contributed by atoms with van der Waals surface area (Å²) in [6.07, 6.45) is 5.40. The van der Waals surface area contributed by atoms with Gasteiger partial charge >= 0.3 is 0 Å². The van der Waals surface area contributed by atoms with Crippen LogP contribution in [-0.2, 0) is 4.74 Å². The van der Waals surface area contributed by atoms with Crippen molar-refractivity contribution in [2.24, 2.45) is 0 Å². The summed E-state index contributed by atoms with van der Waals surface area (Å²) in [6, 6.07) is 0. The van der Waals surface area contributed by atoms with Crippen molar-refractivity contribution in [1.82, 2.24) is 4.90 Å². The van der Waals surface area contributed by atoms with E-state index in [4.69, 9.17) is 4.74 Å². The summed E-state index contributed by atoms with van der Waals surface area (Å²) >= 11 is 0. The van der Waals surface area contributed by atoms with Crippen molar-refractivity contribution in [1.29, 1.82) is 0 Å². The molecule has 13 heavy (non-hydrogen) atoms. The first kappa shape index (κ1) is 12.9. The van der Waals surface area contributed by atoms with Crippen molar-refractivity contribution in [3.63, 3.8) is 0 Å². The van der Waals surface area contributed by atoms with Crippen LogP contribution in [-0.4, -0.2) is 38.3 Å². The van der Waals surface area contributed by atoms with Gasteiger partial charge in [0.25, 0.3) is 0 Å². The molecule has 1 fully saturated rings. The molecule has 1 aliphatic heterocycles. The highest BCUT2D eigenvalue weighted by molar-refractivity contribution is 4.64. The minimum Gasteiger partial charge on any atom is -0.383 e. The Balaban J connectivity index is 0.000000310. The molecule has 0 aromatic carbocycles. The third-order valence-corrected chi connectivity index (χ3v) is 2.31. The Kier molecular flexibility index (Phi) is 9.94. The van der Waals surface area contributed by atoms with Gasteiger partial charge in [0, 0.05) is 13.7 Å². The van der Waals surface area contributed by atoms with Gasteiger partial charge in [-0.05, 0) is 25.9 Å². The monoisotopic (exact) mass is 187 g/mol. The molecule has 0 amide bonds. The van der Waals surface area contributed by atoms with Crippen molar-refractivity contribution < 1.29 is 4.74 Å². The van der Waals surface area contributed by atoms with Crippen LogP contribution in [0.25, 0.3) is 0 Å². The summed E-state index contributed by atoms with van der Waals surface area (Å²) in [5.74, 6) is 0. The Morgan fingerprint density at radius 1 is 1.08 bits per heavy atom. The summed E-state index contributed by atoms with van der Waals surface area (Å²) in [7, 11) is 1.76. The van der Waals surface area contributed by atoms with Crippen LogP contribution in [0.15, 0.2) is 0 Å². The third kappa shape index (κ3) is 8.26. The Hall–Kier alpha value is -0.0800. The molecular weight excluding hydrogens is 162 g/mol. The highest BCUT2D eigenvalue weighted by atomic mass is 16.5. The highest BCUT2D eigenvalue weighted by Gasteiger charge is 2.09. The van der Waals surface area contributed by atoms with Crippen LogP contribution in [0, 0.1) is 0 Å². The maximum absolute atomic E-state index is 4.96. The zero-order valence-electron chi connectivity index (χ0n) is 9.51. The molecule has 2 heteroatoms. The second-order valence-electron chi connectivity index (χ2n) is 3.54. The summed E-state index contributed by atoms with van der Waals surface area (Å²) in [5, 5.41) is 0. The van der Waals surface area contributed by atoms with Gasteiger partial charge in [0.05, 0.1) is 6.61 Å². The number of methoxy groups -OCH3 is 1. The Morgan fingerprint density at radius 2 is 1.62 bits per heavy atom. The van der Waals surface area contributed by atoms with E-state index in [2.05, 4.69) is 18.7 Å². The van der Waals surface area contributed by atoms with Crippen molar-refractivity contribution in [2.45, 2.75) is 39.5 Å². The van der Waals surface area contributed by atoms with E-state index in [9.17, 15) is 0 Å². The fourth-order valence-corrected chi connectivity index (χ4v) is 1.23. The predicted octanol–water partition coefficient (Wildman–Crippen LogP) is 2.54. The van der Waals surface area contributed by atoms with Crippen LogP contribution >= 0.6 is 0 Å². The standard InChI is InChI=1S/C7H15NO.C4H10/c1-9-7-6-8-4-2-3-5-8;1-3-4-2/h2-7H2,1H3;3-4H2,1-2H3. The van der Waals surface area contributed by atoms with E-state index in [-0.39, 0.29) is 0 Å². The van der Waals surface area contributed by atoms with Gasteiger partial charge in [-0.3, -0.25) is 0 Å². The molecule has 0 aromatic heterocycles. The van der Waals surface area contributed by atoms with Crippen molar-refractivity contribution in [3.8, 4) is 0 Å². The SMILES string of the molecule is CCCC.COCCN1CCCC1. The Morgan fingerprint density at radius 3 is 2.00 bits per heavy atom. The van der Waals surface area contributed by atoms with Crippen LogP contribution in [0.5, 0.6) is 0 Å². The Bertz CT molecular complexity index is 88.1. The molecule has 0 bridgehead atoms. The number of hydrogen-bond donors (Lipinski definition) is 0. The molecule has 1 rings (SSSR count). The molecule has 1 saturated heterocycles. The number of likely N-dealkylation sites (tertiary alicyclic amines) is 1. The lowest BCUT2D eigenvalue weighted by atomic mass is 10.4. The van der Waals surface area contributed by atoms with Crippen molar-refractivity contribution >= 4 is 0 Å². The molecule has 2 nitrogen and oxygen atoms in total. The van der Waals surface area contributed by atoms with Gasteiger partial charge in [-0.25, -0.2) is 0 Å². The van der Waals surface area contributed by atoms with E-state index in [1.165, 1.54) is 38.8 Å². The molecule has 1 aliphatic rings. The second kappa shape index (κ2) is 10.0. The molecule has 0 saturated carbocycles. The quantitative estimate of drug-likeness (QED) is 0.670. The summed E-state index contributed by atoms with van der Waals surface area (Å²) in [6.45, 7) is 8.93. The van der Waals surface area contributed by atoms with Crippen molar-refractivity contribution in [2.75, 3.05) is 33.4 Å². The second-order valence-corrected chi connectivity index (χ2v) is 3.54. The number of ether oxygens (including phenoxy) is 1. The van der Waals surface area contributed by atoms with Gasteiger partial charge in [0.15, 0.2) is 0 Å². The first-order valence-electron chi connectivity index (χ1n) is 5.56. The van der Waals surface area contributed by atoms with Gasteiger partial charge < -0.3 is 9.64 Å². The van der Waals surface area contributed by atoms with E-state index in [1.54, 1.807) is 7.11 Å². The molecule has 80 valence electrons. The van der Waals surface area contributed by atoms with Gasteiger partial charge in [-0.15, -0.1) is 0 Å². The molecule has 0 aromatic rings. The normalized spacial score (nSPS) is 16.8. The largest absolute Gasteiger partial charge is 0.383 e. The van der Waals surface area contributed by atoms with Gasteiger partial charge in [0.2, 0.25) is 0 Å². The zero-order chi connectivity index (χ0) is 9.94. The first-order valence-corrected chi connectivity index (χ1v) is 5.56. The van der Waals surface area contributed by atoms with Crippen LogP contribution in [0.3, 0.4) is 0 Å². The predicted molar refractivity (Wildman–Crippen MR) is 58.1 cm³/mol. The van der Waals surface area contributed by atoms with E-state index < -0.39 is 0 Å². The maximum atomic E-state index is 4.96. The molecule has 0 radical (unpaired) electrons. The molecule has 0 N–H and O–H groups in total. The fourth-order valence-electron chi connectivity index (χ4n) is 1.23. The van der Waals surface area contributed by atoms with E-state index in [0.717, 1.165) is 13.2 Å². The molecule has 0 aliphatic carbocycles. The van der Waals surface area contributed by atoms with E-state index >= 15 is 0 Å². The average molecular weight is 187 g/mol. The van der Waals surface area contributed by atoms with Gasteiger partial charge in [-0.2, -0.15) is 0 Å². The molecular formula is C11H25NO. The number of nitrogens with zero attached hydrogens (tertiary/aromatic N) is 1. The van der Waals surface area contributed by atoms with E-state index in [1.807, 2.05) is 0 Å². The van der Waals surface area contributed by atoms with Crippen molar-refractivity contribution in [3.05, 3.63) is 0 Å². The lowest BCUT2D eigenvalue weighted by Gasteiger charge is -2.12. The van der Waals surface area contributed by atoms with Crippen LogP contribution < -0.4 is 0 Å².